The maximum absolute atomic E-state index is 2.30. The molecule has 0 amide bonds. The number of rotatable bonds is 2. The monoisotopic (exact) mass is 260 g/mol. The molecule has 0 bridgehead atoms. The molecule has 100 valence electrons. The number of hydrogen-bond donors (Lipinski definition) is 0. The summed E-state index contributed by atoms with van der Waals surface area (Å²) in [5, 5.41) is 0. The Kier molecular flexibility index (Phi) is 3.31. The van der Waals surface area contributed by atoms with E-state index in [1.807, 2.05) is 0 Å². The summed E-state index contributed by atoms with van der Waals surface area (Å²) in [6.07, 6.45) is 5.60. The van der Waals surface area contributed by atoms with Gasteiger partial charge in [0.1, 0.15) is 0 Å². The van der Waals surface area contributed by atoms with Crippen LogP contribution in [0.25, 0.3) is 17.2 Å². The van der Waals surface area contributed by atoms with Gasteiger partial charge in [0.2, 0.25) is 0 Å². The Morgan fingerprint density at radius 1 is 0.900 bits per heavy atom. The molecule has 0 heterocycles. The summed E-state index contributed by atoms with van der Waals surface area (Å²) in [6.45, 7) is 6.46. The standard InChI is InChI=1S/C20H20/c1-14(2)11-15(3)12-16-8-6-10-19-18-9-5-4-7-17(18)13-20(16)19/h4-12H,13H2,1-3H3. The lowest BCUT2D eigenvalue weighted by molar-refractivity contribution is 1.25. The van der Waals surface area contributed by atoms with Crippen LogP contribution in [0.1, 0.15) is 37.5 Å². The van der Waals surface area contributed by atoms with Crippen LogP contribution in [0.3, 0.4) is 0 Å². The second-order valence-electron chi connectivity index (χ2n) is 5.82. The van der Waals surface area contributed by atoms with Crippen molar-refractivity contribution in [3.63, 3.8) is 0 Å². The quantitative estimate of drug-likeness (QED) is 0.524. The molecular formula is C20H20. The Morgan fingerprint density at radius 2 is 1.65 bits per heavy atom. The van der Waals surface area contributed by atoms with E-state index in [4.69, 9.17) is 0 Å². The van der Waals surface area contributed by atoms with Crippen LogP contribution in [-0.4, -0.2) is 0 Å². The maximum Gasteiger partial charge on any atom is -0.000750 e. The van der Waals surface area contributed by atoms with Gasteiger partial charge in [0.05, 0.1) is 0 Å². The minimum Gasteiger partial charge on any atom is -0.0762 e. The third kappa shape index (κ3) is 2.34. The van der Waals surface area contributed by atoms with Crippen LogP contribution in [0.5, 0.6) is 0 Å². The molecule has 0 aromatic heterocycles. The Labute approximate surface area is 121 Å². The average Bonchev–Trinajstić information content (AvgIpc) is 2.78. The zero-order valence-corrected chi connectivity index (χ0v) is 12.4. The molecule has 3 rings (SSSR count). The maximum atomic E-state index is 2.30. The SMILES string of the molecule is CC(C)=CC(C)=Cc1cccc2c1Cc1ccccc1-2. The Morgan fingerprint density at radius 3 is 2.45 bits per heavy atom. The van der Waals surface area contributed by atoms with Crippen LogP contribution in [0, 0.1) is 0 Å². The van der Waals surface area contributed by atoms with E-state index in [0.717, 1.165) is 6.42 Å². The predicted octanol–water partition coefficient (Wildman–Crippen LogP) is 5.63. The van der Waals surface area contributed by atoms with Crippen LogP contribution in [0.15, 0.2) is 59.7 Å². The van der Waals surface area contributed by atoms with Crippen molar-refractivity contribution >= 4 is 6.08 Å². The van der Waals surface area contributed by atoms with Gasteiger partial charge in [0.15, 0.2) is 0 Å². The first-order valence-corrected chi connectivity index (χ1v) is 7.18. The molecule has 2 aromatic carbocycles. The number of allylic oxidation sites excluding steroid dienone is 3. The Balaban J connectivity index is 2.08. The second-order valence-corrected chi connectivity index (χ2v) is 5.82. The van der Waals surface area contributed by atoms with E-state index in [0.29, 0.717) is 0 Å². The number of benzene rings is 2. The van der Waals surface area contributed by atoms with Gasteiger partial charge in [0.25, 0.3) is 0 Å². The van der Waals surface area contributed by atoms with Gasteiger partial charge in [-0.3, -0.25) is 0 Å². The summed E-state index contributed by atoms with van der Waals surface area (Å²) >= 11 is 0. The lowest BCUT2D eigenvalue weighted by Gasteiger charge is -2.05. The molecule has 0 heteroatoms. The highest BCUT2D eigenvalue weighted by molar-refractivity contribution is 5.81. The van der Waals surface area contributed by atoms with E-state index in [1.165, 1.54) is 39.0 Å². The molecule has 0 fully saturated rings. The molecule has 2 aromatic rings. The van der Waals surface area contributed by atoms with Crippen molar-refractivity contribution in [3.05, 3.63) is 76.4 Å². The van der Waals surface area contributed by atoms with E-state index in [2.05, 4.69) is 75.4 Å². The number of fused-ring (bicyclic) bond motifs is 3. The molecule has 0 atom stereocenters. The summed E-state index contributed by atoms with van der Waals surface area (Å²) in [7, 11) is 0. The van der Waals surface area contributed by atoms with Crippen molar-refractivity contribution in [1.82, 2.24) is 0 Å². The van der Waals surface area contributed by atoms with Gasteiger partial charge >= 0.3 is 0 Å². The molecule has 0 aliphatic heterocycles. The summed E-state index contributed by atoms with van der Waals surface area (Å²) in [5.74, 6) is 0. The molecule has 0 radical (unpaired) electrons. The Hall–Kier alpha value is -2.08. The molecule has 0 spiro atoms. The molecule has 0 unspecified atom stereocenters. The van der Waals surface area contributed by atoms with Gasteiger partial charge in [-0.25, -0.2) is 0 Å². The summed E-state index contributed by atoms with van der Waals surface area (Å²) in [5.41, 5.74) is 9.73. The minimum absolute atomic E-state index is 1.06. The topological polar surface area (TPSA) is 0 Å². The Bertz CT molecular complexity index is 711. The smallest absolute Gasteiger partial charge is 0.000750 e. The fraction of sp³-hybridized carbons (Fsp3) is 0.200. The van der Waals surface area contributed by atoms with Gasteiger partial charge in [0, 0.05) is 0 Å². The molecule has 20 heavy (non-hydrogen) atoms. The van der Waals surface area contributed by atoms with Crippen molar-refractivity contribution in [1.29, 1.82) is 0 Å². The molecule has 0 saturated heterocycles. The van der Waals surface area contributed by atoms with E-state index in [-0.39, 0.29) is 0 Å². The van der Waals surface area contributed by atoms with E-state index in [9.17, 15) is 0 Å². The fourth-order valence-corrected chi connectivity index (χ4v) is 3.06. The summed E-state index contributed by atoms with van der Waals surface area (Å²) in [4.78, 5) is 0. The van der Waals surface area contributed by atoms with Crippen molar-refractivity contribution in [2.24, 2.45) is 0 Å². The molecular weight excluding hydrogens is 240 g/mol. The number of hydrogen-bond acceptors (Lipinski definition) is 0. The van der Waals surface area contributed by atoms with Gasteiger partial charge in [-0.1, -0.05) is 65.8 Å². The summed E-state index contributed by atoms with van der Waals surface area (Å²) in [6, 6.07) is 15.4. The third-order valence-corrected chi connectivity index (χ3v) is 3.79. The van der Waals surface area contributed by atoms with Gasteiger partial charge < -0.3 is 0 Å². The zero-order chi connectivity index (χ0) is 14.1. The first-order chi connectivity index (χ1) is 9.65. The molecule has 1 aliphatic rings. The van der Waals surface area contributed by atoms with Crippen molar-refractivity contribution < 1.29 is 0 Å². The van der Waals surface area contributed by atoms with Crippen molar-refractivity contribution in [2.45, 2.75) is 27.2 Å². The van der Waals surface area contributed by atoms with Gasteiger partial charge in [-0.05, 0) is 55.0 Å². The van der Waals surface area contributed by atoms with E-state index < -0.39 is 0 Å². The largest absolute Gasteiger partial charge is 0.0762 e. The predicted molar refractivity (Wildman–Crippen MR) is 87.8 cm³/mol. The average molecular weight is 260 g/mol. The third-order valence-electron chi connectivity index (χ3n) is 3.79. The van der Waals surface area contributed by atoms with Gasteiger partial charge in [-0.15, -0.1) is 0 Å². The molecule has 1 aliphatic carbocycles. The van der Waals surface area contributed by atoms with Crippen LogP contribution >= 0.6 is 0 Å². The summed E-state index contributed by atoms with van der Waals surface area (Å²) < 4.78 is 0. The lowest BCUT2D eigenvalue weighted by Crippen LogP contribution is -1.87. The molecule has 0 saturated carbocycles. The van der Waals surface area contributed by atoms with Crippen LogP contribution in [0.4, 0.5) is 0 Å². The van der Waals surface area contributed by atoms with Crippen LogP contribution in [0.2, 0.25) is 0 Å². The first-order valence-electron chi connectivity index (χ1n) is 7.18. The fourth-order valence-electron chi connectivity index (χ4n) is 3.06. The highest BCUT2D eigenvalue weighted by Gasteiger charge is 2.19. The molecule has 0 nitrogen and oxygen atoms in total. The van der Waals surface area contributed by atoms with Crippen LogP contribution in [-0.2, 0) is 6.42 Å². The van der Waals surface area contributed by atoms with E-state index in [1.54, 1.807) is 0 Å². The second kappa shape index (κ2) is 5.13. The highest BCUT2D eigenvalue weighted by atomic mass is 14.2. The normalized spacial score (nSPS) is 12.8. The molecule has 0 N–H and O–H groups in total. The van der Waals surface area contributed by atoms with E-state index >= 15 is 0 Å². The van der Waals surface area contributed by atoms with Crippen molar-refractivity contribution in [3.8, 4) is 11.1 Å². The van der Waals surface area contributed by atoms with Crippen molar-refractivity contribution in [2.75, 3.05) is 0 Å². The zero-order valence-electron chi connectivity index (χ0n) is 12.4. The first kappa shape index (κ1) is 12.9. The van der Waals surface area contributed by atoms with Crippen LogP contribution < -0.4 is 0 Å². The van der Waals surface area contributed by atoms with Gasteiger partial charge in [-0.2, -0.15) is 0 Å². The minimum atomic E-state index is 1.06. The highest BCUT2D eigenvalue weighted by Crippen LogP contribution is 2.38. The lowest BCUT2D eigenvalue weighted by atomic mass is 9.99.